The second kappa shape index (κ2) is 6.72. The van der Waals surface area contributed by atoms with Gasteiger partial charge in [-0.15, -0.1) is 0 Å². The van der Waals surface area contributed by atoms with Crippen LogP contribution in [0, 0.1) is 6.92 Å². The summed E-state index contributed by atoms with van der Waals surface area (Å²) in [6, 6.07) is 8.00. The molecule has 4 rings (SSSR count). The van der Waals surface area contributed by atoms with Gasteiger partial charge in [0.2, 0.25) is 5.91 Å². The molecule has 0 aliphatic carbocycles. The molecule has 0 saturated carbocycles. The average molecular weight is 351 g/mol. The first-order chi connectivity index (χ1) is 12.6. The molecule has 1 aliphatic heterocycles. The molecule has 3 aromatic rings. The largest absolute Gasteiger partial charge is 0.369 e. The van der Waals surface area contributed by atoms with Crippen molar-refractivity contribution in [2.75, 3.05) is 6.54 Å². The lowest BCUT2D eigenvalue weighted by Crippen LogP contribution is -2.33. The van der Waals surface area contributed by atoms with E-state index in [-0.39, 0.29) is 12.5 Å². The van der Waals surface area contributed by atoms with Crippen LogP contribution >= 0.6 is 0 Å². The lowest BCUT2D eigenvalue weighted by Gasteiger charge is -2.22. The van der Waals surface area contributed by atoms with Crippen LogP contribution in [0.1, 0.15) is 40.2 Å². The molecule has 0 saturated heterocycles. The fourth-order valence-corrected chi connectivity index (χ4v) is 3.34. The molecular formula is C18H21N7O. The number of benzene rings is 1. The minimum atomic E-state index is -0.443. The van der Waals surface area contributed by atoms with Gasteiger partial charge in [0.15, 0.2) is 11.6 Å². The molecule has 0 bridgehead atoms. The van der Waals surface area contributed by atoms with E-state index in [0.29, 0.717) is 12.4 Å². The molecule has 3 heterocycles. The van der Waals surface area contributed by atoms with Crippen molar-refractivity contribution >= 4 is 5.91 Å². The van der Waals surface area contributed by atoms with Crippen molar-refractivity contribution in [3.63, 3.8) is 0 Å². The van der Waals surface area contributed by atoms with Gasteiger partial charge < -0.3 is 16.0 Å². The van der Waals surface area contributed by atoms with Gasteiger partial charge in [-0.2, -0.15) is 5.10 Å². The number of aromatic nitrogens is 5. The molecule has 1 aliphatic rings. The number of carbonyl (C=O) groups is 1. The Labute approximate surface area is 150 Å². The average Bonchev–Trinajstić information content (AvgIpc) is 3.23. The summed E-state index contributed by atoms with van der Waals surface area (Å²) in [5.74, 6) is 0.741. The smallest absolute Gasteiger partial charge is 0.225 e. The lowest BCUT2D eigenvalue weighted by atomic mass is 10.0. The van der Waals surface area contributed by atoms with Crippen molar-refractivity contribution in [3.8, 4) is 0 Å². The summed E-state index contributed by atoms with van der Waals surface area (Å²) < 4.78 is 1.85. The van der Waals surface area contributed by atoms with E-state index in [1.165, 1.54) is 5.56 Å². The van der Waals surface area contributed by atoms with Crippen LogP contribution in [-0.2, 0) is 24.2 Å². The number of nitrogens with two attached hydrogens (primary N) is 1. The van der Waals surface area contributed by atoms with Crippen molar-refractivity contribution in [2.45, 2.75) is 32.4 Å². The van der Waals surface area contributed by atoms with E-state index in [0.717, 1.165) is 35.7 Å². The first-order valence-electron chi connectivity index (χ1n) is 8.64. The molecule has 2 aromatic heterocycles. The van der Waals surface area contributed by atoms with Crippen molar-refractivity contribution in [2.24, 2.45) is 5.73 Å². The topological polar surface area (TPSA) is 115 Å². The van der Waals surface area contributed by atoms with Crippen molar-refractivity contribution in [3.05, 3.63) is 64.8 Å². The monoisotopic (exact) mass is 351 g/mol. The van der Waals surface area contributed by atoms with E-state index in [1.807, 2.05) is 16.8 Å². The first-order valence-corrected chi connectivity index (χ1v) is 8.64. The number of nitrogens with zero attached hydrogens (tertiary/aromatic N) is 4. The number of hydrogen-bond donors (Lipinski definition) is 3. The molecule has 0 fully saturated rings. The van der Waals surface area contributed by atoms with Gasteiger partial charge in [-0.1, -0.05) is 24.3 Å². The summed E-state index contributed by atoms with van der Waals surface area (Å²) in [4.78, 5) is 23.6. The van der Waals surface area contributed by atoms with Crippen LogP contribution in [0.4, 0.5) is 0 Å². The van der Waals surface area contributed by atoms with Gasteiger partial charge in [0, 0.05) is 18.7 Å². The highest BCUT2D eigenvalue weighted by molar-refractivity contribution is 5.75. The third-order valence-corrected chi connectivity index (χ3v) is 4.66. The number of nitrogens with one attached hydrogen (secondary N) is 2. The summed E-state index contributed by atoms with van der Waals surface area (Å²) in [6.07, 6.45) is 2.62. The van der Waals surface area contributed by atoms with Crippen LogP contribution in [0.2, 0.25) is 0 Å². The maximum Gasteiger partial charge on any atom is 0.225 e. The maximum atomic E-state index is 11.3. The van der Waals surface area contributed by atoms with Crippen LogP contribution in [0.5, 0.6) is 0 Å². The van der Waals surface area contributed by atoms with Crippen LogP contribution < -0.4 is 11.1 Å². The molecule has 8 heteroatoms. The fraction of sp³-hybridized carbons (Fsp3) is 0.333. The minimum Gasteiger partial charge on any atom is -0.369 e. The predicted molar refractivity (Wildman–Crippen MR) is 95.3 cm³/mol. The number of H-pyrrole nitrogens is 1. The maximum absolute atomic E-state index is 11.3. The molecular weight excluding hydrogens is 330 g/mol. The van der Waals surface area contributed by atoms with Crippen molar-refractivity contribution in [1.29, 1.82) is 0 Å². The number of rotatable bonds is 5. The van der Waals surface area contributed by atoms with Gasteiger partial charge in [-0.3, -0.25) is 4.79 Å². The first kappa shape index (κ1) is 16.5. The van der Waals surface area contributed by atoms with E-state index >= 15 is 0 Å². The molecule has 8 nitrogen and oxygen atoms in total. The summed E-state index contributed by atoms with van der Waals surface area (Å²) in [5, 5.41) is 8.01. The van der Waals surface area contributed by atoms with E-state index in [1.54, 1.807) is 6.33 Å². The van der Waals surface area contributed by atoms with Crippen LogP contribution in [0.25, 0.3) is 0 Å². The standard InChI is InChI=1S/C18H21N7O/c1-11-4-2-3-5-12(11)9-25-18(23-15(24-25)8-14(19)26)17-16-13(6-7-20-17)21-10-22-16/h2-5,10,17,20H,6-9H2,1H3,(H2,19,26)(H,21,22). The Hall–Kier alpha value is -3.00. The Morgan fingerprint density at radius 3 is 3.04 bits per heavy atom. The minimum absolute atomic E-state index is 0.0217. The fourth-order valence-electron chi connectivity index (χ4n) is 3.34. The Bertz CT molecular complexity index is 943. The number of imidazole rings is 1. The van der Waals surface area contributed by atoms with E-state index in [9.17, 15) is 4.79 Å². The van der Waals surface area contributed by atoms with E-state index < -0.39 is 5.91 Å². The molecule has 134 valence electrons. The number of aryl methyl sites for hydroxylation is 1. The highest BCUT2D eigenvalue weighted by atomic mass is 16.1. The van der Waals surface area contributed by atoms with Gasteiger partial charge in [0.1, 0.15) is 6.04 Å². The predicted octanol–water partition coefficient (Wildman–Crippen LogP) is 0.621. The van der Waals surface area contributed by atoms with Crippen LogP contribution in [-0.4, -0.2) is 37.2 Å². The molecule has 1 amide bonds. The van der Waals surface area contributed by atoms with Gasteiger partial charge in [-0.25, -0.2) is 14.6 Å². The molecule has 0 spiro atoms. The summed E-state index contributed by atoms with van der Waals surface area (Å²) in [6.45, 7) is 3.47. The van der Waals surface area contributed by atoms with Gasteiger partial charge in [-0.05, 0) is 18.1 Å². The third-order valence-electron chi connectivity index (χ3n) is 4.66. The van der Waals surface area contributed by atoms with E-state index in [2.05, 4.69) is 44.4 Å². The van der Waals surface area contributed by atoms with Gasteiger partial charge >= 0.3 is 0 Å². The Morgan fingerprint density at radius 1 is 1.38 bits per heavy atom. The zero-order valence-electron chi connectivity index (χ0n) is 14.6. The third kappa shape index (κ3) is 3.11. The zero-order chi connectivity index (χ0) is 18.1. The number of fused-ring (bicyclic) bond motifs is 1. The highest BCUT2D eigenvalue weighted by Crippen LogP contribution is 2.26. The molecule has 0 radical (unpaired) electrons. The second-order valence-electron chi connectivity index (χ2n) is 6.52. The number of aromatic amines is 1. The summed E-state index contributed by atoms with van der Waals surface area (Å²) in [7, 11) is 0. The summed E-state index contributed by atoms with van der Waals surface area (Å²) >= 11 is 0. The Balaban J connectivity index is 1.75. The Kier molecular flexibility index (Phi) is 4.26. The molecule has 1 atom stereocenters. The highest BCUT2D eigenvalue weighted by Gasteiger charge is 2.29. The van der Waals surface area contributed by atoms with Crippen LogP contribution in [0.15, 0.2) is 30.6 Å². The second-order valence-corrected chi connectivity index (χ2v) is 6.52. The number of amides is 1. The molecule has 26 heavy (non-hydrogen) atoms. The summed E-state index contributed by atoms with van der Waals surface area (Å²) in [5.41, 5.74) is 9.71. The van der Waals surface area contributed by atoms with Crippen molar-refractivity contribution < 1.29 is 4.79 Å². The zero-order valence-corrected chi connectivity index (χ0v) is 14.6. The Morgan fingerprint density at radius 2 is 2.23 bits per heavy atom. The normalized spacial score (nSPS) is 16.4. The van der Waals surface area contributed by atoms with E-state index in [4.69, 9.17) is 5.73 Å². The number of hydrogen-bond acceptors (Lipinski definition) is 5. The number of carbonyl (C=O) groups excluding carboxylic acids is 1. The van der Waals surface area contributed by atoms with Gasteiger partial charge in [0.25, 0.3) is 0 Å². The molecule has 1 aromatic carbocycles. The van der Waals surface area contributed by atoms with Crippen LogP contribution in [0.3, 0.4) is 0 Å². The molecule has 4 N–H and O–H groups in total. The lowest BCUT2D eigenvalue weighted by molar-refractivity contribution is -0.117. The number of primary amides is 1. The molecule has 1 unspecified atom stereocenters. The van der Waals surface area contributed by atoms with Gasteiger partial charge in [0.05, 0.1) is 25.0 Å². The quantitative estimate of drug-likeness (QED) is 0.623. The van der Waals surface area contributed by atoms with Crippen molar-refractivity contribution in [1.82, 2.24) is 30.0 Å². The SMILES string of the molecule is Cc1ccccc1Cn1nc(CC(N)=O)nc1C1NCCc2[nH]cnc21.